The Kier molecular flexibility index (Phi) is 8.15. The van der Waals surface area contributed by atoms with E-state index in [1.54, 1.807) is 36.4 Å². The van der Waals surface area contributed by atoms with E-state index >= 15 is 0 Å². The van der Waals surface area contributed by atoms with Crippen LogP contribution in [0.5, 0.6) is 0 Å². The Morgan fingerprint density at radius 2 is 1.97 bits per heavy atom. The fourth-order valence-corrected chi connectivity index (χ4v) is 3.76. The van der Waals surface area contributed by atoms with E-state index in [0.717, 1.165) is 4.88 Å². The number of carbonyl (C=O) groups is 3. The molecule has 1 unspecified atom stereocenters. The van der Waals surface area contributed by atoms with Crippen molar-refractivity contribution in [1.82, 2.24) is 10.7 Å². The van der Waals surface area contributed by atoms with Gasteiger partial charge in [0.15, 0.2) is 0 Å². The molecule has 0 aliphatic rings. The van der Waals surface area contributed by atoms with Gasteiger partial charge in [0.05, 0.1) is 25.3 Å². The summed E-state index contributed by atoms with van der Waals surface area (Å²) >= 11 is 1.49. The molecule has 0 saturated heterocycles. The molecule has 0 radical (unpaired) electrons. The summed E-state index contributed by atoms with van der Waals surface area (Å²) in [6.07, 6.45) is 1.60. The highest BCUT2D eigenvalue weighted by atomic mass is 32.1. The van der Waals surface area contributed by atoms with E-state index in [4.69, 9.17) is 9.15 Å². The minimum absolute atomic E-state index is 0.121. The molecule has 0 saturated carbocycles. The highest BCUT2D eigenvalue weighted by molar-refractivity contribution is 7.10. The standard InChI is InChI=1S/C24H25N3O5S/c1-15(2)22(26-21(28)13-19-8-5-11-33-19)23(29)27-25-14-18-9-10-20(32-18)16-6-4-7-17(12-16)24(30)31-3/h4-12,14-15,22H,13H2,1-3H3,(H,26,28)(H,27,29). The number of rotatable bonds is 9. The predicted octanol–water partition coefficient (Wildman–Crippen LogP) is 3.63. The molecule has 0 bridgehead atoms. The van der Waals surface area contributed by atoms with Crippen LogP contribution in [-0.4, -0.2) is 37.1 Å². The van der Waals surface area contributed by atoms with Crippen molar-refractivity contribution in [3.63, 3.8) is 0 Å². The third-order valence-electron chi connectivity index (χ3n) is 4.74. The Morgan fingerprint density at radius 3 is 2.67 bits per heavy atom. The van der Waals surface area contributed by atoms with Crippen molar-refractivity contribution in [2.24, 2.45) is 11.0 Å². The number of esters is 1. The minimum atomic E-state index is -0.720. The van der Waals surface area contributed by atoms with Gasteiger partial charge in [0.1, 0.15) is 17.6 Å². The zero-order valence-corrected chi connectivity index (χ0v) is 19.3. The zero-order valence-electron chi connectivity index (χ0n) is 18.5. The summed E-state index contributed by atoms with van der Waals surface area (Å²) in [6, 6.07) is 13.3. The van der Waals surface area contributed by atoms with Crippen molar-refractivity contribution < 1.29 is 23.5 Å². The van der Waals surface area contributed by atoms with E-state index in [0.29, 0.717) is 22.6 Å². The molecule has 33 heavy (non-hydrogen) atoms. The minimum Gasteiger partial charge on any atom is -0.465 e. The van der Waals surface area contributed by atoms with Gasteiger partial charge >= 0.3 is 5.97 Å². The van der Waals surface area contributed by atoms with Crippen LogP contribution in [0, 0.1) is 5.92 Å². The van der Waals surface area contributed by atoms with Crippen molar-refractivity contribution >= 4 is 35.3 Å². The first-order chi connectivity index (χ1) is 15.9. The number of methoxy groups -OCH3 is 1. The van der Waals surface area contributed by atoms with E-state index in [9.17, 15) is 14.4 Å². The number of amides is 2. The number of ether oxygens (including phenoxy) is 1. The Hall–Kier alpha value is -3.72. The second-order valence-corrected chi connectivity index (χ2v) is 8.59. The van der Waals surface area contributed by atoms with Gasteiger partial charge in [-0.15, -0.1) is 11.3 Å². The molecule has 3 rings (SSSR count). The van der Waals surface area contributed by atoms with Crippen LogP contribution in [0.1, 0.15) is 34.8 Å². The highest BCUT2D eigenvalue weighted by Crippen LogP contribution is 2.23. The van der Waals surface area contributed by atoms with Crippen molar-refractivity contribution in [2.45, 2.75) is 26.3 Å². The summed E-state index contributed by atoms with van der Waals surface area (Å²) < 4.78 is 10.5. The molecule has 9 heteroatoms. The molecule has 1 aromatic carbocycles. The summed E-state index contributed by atoms with van der Waals surface area (Å²) in [5.74, 6) is -0.246. The SMILES string of the molecule is COC(=O)c1cccc(-c2ccc(C=NNC(=O)C(NC(=O)Cc3cccs3)C(C)C)o2)c1. The second kappa shape index (κ2) is 11.2. The molecule has 2 heterocycles. The number of nitrogens with zero attached hydrogens (tertiary/aromatic N) is 1. The van der Waals surface area contributed by atoms with Gasteiger partial charge in [0.2, 0.25) is 5.91 Å². The molecule has 3 aromatic rings. The average Bonchev–Trinajstić information content (AvgIpc) is 3.49. The number of hydrogen-bond acceptors (Lipinski definition) is 7. The zero-order chi connectivity index (χ0) is 23.8. The van der Waals surface area contributed by atoms with Crippen molar-refractivity contribution in [1.29, 1.82) is 0 Å². The van der Waals surface area contributed by atoms with Gasteiger partial charge in [0.25, 0.3) is 5.91 Å². The van der Waals surface area contributed by atoms with Crippen molar-refractivity contribution in [3.05, 3.63) is 70.1 Å². The number of hydrogen-bond donors (Lipinski definition) is 2. The van der Waals surface area contributed by atoms with Gasteiger partial charge in [-0.2, -0.15) is 5.10 Å². The quantitative estimate of drug-likeness (QED) is 0.284. The van der Waals surface area contributed by atoms with Crippen molar-refractivity contribution in [2.75, 3.05) is 7.11 Å². The van der Waals surface area contributed by atoms with Crippen LogP contribution < -0.4 is 10.7 Å². The molecule has 0 aliphatic carbocycles. The van der Waals surface area contributed by atoms with Crippen LogP contribution >= 0.6 is 11.3 Å². The summed E-state index contributed by atoms with van der Waals surface area (Å²) in [6.45, 7) is 3.70. The topological polar surface area (TPSA) is 110 Å². The Balaban J connectivity index is 1.59. The third kappa shape index (κ3) is 6.63. The van der Waals surface area contributed by atoms with Gasteiger partial charge < -0.3 is 14.5 Å². The number of hydrazone groups is 1. The molecule has 172 valence electrons. The van der Waals surface area contributed by atoms with E-state index in [2.05, 4.69) is 15.8 Å². The molecule has 0 aliphatic heterocycles. The number of thiophene rings is 1. The maximum Gasteiger partial charge on any atom is 0.337 e. The summed E-state index contributed by atoms with van der Waals surface area (Å²) in [7, 11) is 1.32. The predicted molar refractivity (Wildman–Crippen MR) is 126 cm³/mol. The van der Waals surface area contributed by atoms with Gasteiger partial charge in [-0.25, -0.2) is 10.2 Å². The lowest BCUT2D eigenvalue weighted by atomic mass is 10.0. The fraction of sp³-hybridized carbons (Fsp3) is 0.250. The fourth-order valence-electron chi connectivity index (χ4n) is 3.05. The van der Waals surface area contributed by atoms with Gasteiger partial charge in [0, 0.05) is 10.4 Å². The molecule has 2 amide bonds. The smallest absolute Gasteiger partial charge is 0.337 e. The molecule has 2 N–H and O–H groups in total. The molecular weight excluding hydrogens is 442 g/mol. The van der Waals surface area contributed by atoms with Gasteiger partial charge in [-0.1, -0.05) is 32.0 Å². The second-order valence-electron chi connectivity index (χ2n) is 7.55. The molecule has 8 nitrogen and oxygen atoms in total. The maximum atomic E-state index is 12.6. The Labute approximate surface area is 195 Å². The number of furan rings is 1. The first-order valence-corrected chi connectivity index (χ1v) is 11.2. The van der Waals surface area contributed by atoms with Crippen LogP contribution in [0.25, 0.3) is 11.3 Å². The van der Waals surface area contributed by atoms with Crippen LogP contribution in [-0.2, 0) is 20.7 Å². The lowest BCUT2D eigenvalue weighted by molar-refractivity contribution is -0.129. The molecule has 1 atom stereocenters. The lowest BCUT2D eigenvalue weighted by Crippen LogP contribution is -2.49. The van der Waals surface area contributed by atoms with Crippen LogP contribution in [0.2, 0.25) is 0 Å². The number of nitrogens with one attached hydrogen (secondary N) is 2. The summed E-state index contributed by atoms with van der Waals surface area (Å²) in [5.41, 5.74) is 3.57. The molecule has 2 aromatic heterocycles. The van der Waals surface area contributed by atoms with Crippen LogP contribution in [0.15, 0.2) is 63.4 Å². The first-order valence-electron chi connectivity index (χ1n) is 10.3. The number of benzene rings is 1. The first kappa shape index (κ1) is 23.9. The normalized spacial score (nSPS) is 12.0. The number of carbonyl (C=O) groups excluding carboxylic acids is 3. The van der Waals surface area contributed by atoms with E-state index in [1.807, 2.05) is 31.4 Å². The average molecular weight is 468 g/mol. The Morgan fingerprint density at radius 1 is 1.15 bits per heavy atom. The van der Waals surface area contributed by atoms with Crippen molar-refractivity contribution in [3.8, 4) is 11.3 Å². The van der Waals surface area contributed by atoms with E-state index < -0.39 is 17.9 Å². The van der Waals surface area contributed by atoms with Gasteiger partial charge in [-0.3, -0.25) is 9.59 Å². The molecular formula is C24H25N3O5S. The third-order valence-corrected chi connectivity index (χ3v) is 5.62. The van der Waals surface area contributed by atoms with Gasteiger partial charge in [-0.05, 0) is 41.6 Å². The van der Waals surface area contributed by atoms with E-state index in [-0.39, 0.29) is 18.2 Å². The van der Waals surface area contributed by atoms with Crippen LogP contribution in [0.4, 0.5) is 0 Å². The maximum absolute atomic E-state index is 12.6. The molecule has 0 spiro atoms. The highest BCUT2D eigenvalue weighted by Gasteiger charge is 2.24. The lowest BCUT2D eigenvalue weighted by Gasteiger charge is -2.20. The molecule has 0 fully saturated rings. The largest absolute Gasteiger partial charge is 0.465 e. The summed E-state index contributed by atoms with van der Waals surface area (Å²) in [5, 5.41) is 8.62. The monoisotopic (exact) mass is 467 g/mol. The van der Waals surface area contributed by atoms with Crippen LogP contribution in [0.3, 0.4) is 0 Å². The van der Waals surface area contributed by atoms with E-state index in [1.165, 1.54) is 24.7 Å². The Bertz CT molecular complexity index is 1130. The summed E-state index contributed by atoms with van der Waals surface area (Å²) in [4.78, 5) is 37.5.